The Hall–Kier alpha value is -4.83. The molecule has 1 aliphatic heterocycles. The van der Waals surface area contributed by atoms with Crippen molar-refractivity contribution in [3.63, 3.8) is 0 Å². The Morgan fingerprint density at radius 3 is 2.57 bits per heavy atom. The molecule has 4 nitrogen and oxygen atoms in total. The number of nitrogens with zero attached hydrogens (tertiary/aromatic N) is 1. The maximum absolute atomic E-state index is 6.24. The van der Waals surface area contributed by atoms with Crippen LogP contribution in [-0.2, 0) is 6.61 Å². The quantitative estimate of drug-likeness (QED) is 0.155. The monoisotopic (exact) mass is 550 g/mol. The van der Waals surface area contributed by atoms with Gasteiger partial charge in [0.1, 0.15) is 6.61 Å². The number of nitrogens with one attached hydrogen (secondary N) is 1. The Bertz CT molecular complexity index is 1770. The van der Waals surface area contributed by atoms with E-state index in [-0.39, 0.29) is 6.04 Å². The number of rotatable bonds is 8. The Balaban J connectivity index is 1.06. The van der Waals surface area contributed by atoms with Crippen LogP contribution < -0.4 is 14.8 Å². The molecule has 0 radical (unpaired) electrons. The van der Waals surface area contributed by atoms with E-state index in [1.54, 1.807) is 0 Å². The number of benzene rings is 5. The number of hydrogen-bond donors (Lipinski definition) is 1. The van der Waals surface area contributed by atoms with Crippen molar-refractivity contribution in [2.24, 2.45) is 10.9 Å². The number of fused-ring (bicyclic) bond motifs is 4. The zero-order valence-corrected chi connectivity index (χ0v) is 23.7. The Kier molecular flexibility index (Phi) is 7.19. The maximum atomic E-state index is 6.24. The highest BCUT2D eigenvalue weighted by Gasteiger charge is 2.37. The first kappa shape index (κ1) is 26.1. The fraction of sp³-hybridized carbons (Fsp3) is 0.184. The van der Waals surface area contributed by atoms with Crippen molar-refractivity contribution < 1.29 is 9.47 Å². The maximum Gasteiger partial charge on any atom is 0.161 e. The SMILES string of the molecule is CCOc1cc(C=Nc2ccc([C@@H]3Nc4ccccc4[C@H]4C=CC[C@@H]43)cc2)ccc1OCc1cccc2ccccc12. The molecule has 0 aromatic heterocycles. The molecular weight excluding hydrogens is 516 g/mol. The largest absolute Gasteiger partial charge is 0.490 e. The molecule has 0 bridgehead atoms. The average molecular weight is 551 g/mol. The molecule has 0 saturated heterocycles. The van der Waals surface area contributed by atoms with Crippen molar-refractivity contribution in [3.8, 4) is 11.5 Å². The second-order valence-corrected chi connectivity index (χ2v) is 11.0. The summed E-state index contributed by atoms with van der Waals surface area (Å²) >= 11 is 0. The van der Waals surface area contributed by atoms with Crippen LogP contribution in [0.1, 0.15) is 47.6 Å². The molecule has 3 atom stereocenters. The van der Waals surface area contributed by atoms with E-state index in [0.717, 1.165) is 34.7 Å². The lowest BCUT2D eigenvalue weighted by Gasteiger charge is -2.37. The van der Waals surface area contributed by atoms with Crippen LogP contribution in [0.5, 0.6) is 11.5 Å². The van der Waals surface area contributed by atoms with Gasteiger partial charge in [0.15, 0.2) is 11.5 Å². The molecule has 0 unspecified atom stereocenters. The van der Waals surface area contributed by atoms with Gasteiger partial charge in [0.05, 0.1) is 18.3 Å². The van der Waals surface area contributed by atoms with E-state index in [4.69, 9.17) is 14.5 Å². The number of hydrogen-bond acceptors (Lipinski definition) is 4. The van der Waals surface area contributed by atoms with Crippen molar-refractivity contribution >= 4 is 28.4 Å². The lowest BCUT2D eigenvalue weighted by atomic mass is 9.77. The molecule has 4 heteroatoms. The third-order valence-corrected chi connectivity index (χ3v) is 8.42. The first-order valence-electron chi connectivity index (χ1n) is 14.8. The van der Waals surface area contributed by atoms with E-state index in [1.165, 1.54) is 27.6 Å². The number of para-hydroxylation sites is 1. The summed E-state index contributed by atoms with van der Waals surface area (Å²) in [5, 5.41) is 6.23. The number of allylic oxidation sites excluding steroid dienone is 2. The van der Waals surface area contributed by atoms with Gasteiger partial charge in [-0.2, -0.15) is 0 Å². The number of aliphatic imine (C=N–C) groups is 1. The first-order chi connectivity index (χ1) is 20.8. The Morgan fingerprint density at radius 2 is 1.67 bits per heavy atom. The lowest BCUT2D eigenvalue weighted by Crippen LogP contribution is -2.28. The zero-order chi connectivity index (χ0) is 28.3. The van der Waals surface area contributed by atoms with Crippen LogP contribution in [0.4, 0.5) is 11.4 Å². The number of ether oxygens (including phenoxy) is 2. The third kappa shape index (κ3) is 5.16. The molecular formula is C38H34N2O2. The van der Waals surface area contributed by atoms with Crippen LogP contribution in [0.3, 0.4) is 0 Å². The predicted octanol–water partition coefficient (Wildman–Crippen LogP) is 9.39. The fourth-order valence-electron chi connectivity index (χ4n) is 6.36. The van der Waals surface area contributed by atoms with Crippen LogP contribution in [0.15, 0.2) is 126 Å². The lowest BCUT2D eigenvalue weighted by molar-refractivity contribution is 0.270. The highest BCUT2D eigenvalue weighted by molar-refractivity contribution is 5.85. The molecule has 42 heavy (non-hydrogen) atoms. The molecule has 0 fully saturated rings. The minimum absolute atomic E-state index is 0.285. The summed E-state index contributed by atoms with van der Waals surface area (Å²) in [5.41, 5.74) is 6.98. The molecule has 1 heterocycles. The summed E-state index contributed by atoms with van der Waals surface area (Å²) in [4.78, 5) is 4.77. The average Bonchev–Trinajstić information content (AvgIpc) is 3.54. The van der Waals surface area contributed by atoms with E-state index < -0.39 is 0 Å². The summed E-state index contributed by atoms with van der Waals surface area (Å²) < 4.78 is 12.2. The van der Waals surface area contributed by atoms with E-state index in [0.29, 0.717) is 25.0 Å². The predicted molar refractivity (Wildman–Crippen MR) is 172 cm³/mol. The molecule has 0 amide bonds. The van der Waals surface area contributed by atoms with Crippen molar-refractivity contribution in [1.82, 2.24) is 0 Å². The molecule has 5 aromatic carbocycles. The Labute approximate surface area is 247 Å². The highest BCUT2D eigenvalue weighted by atomic mass is 16.5. The van der Waals surface area contributed by atoms with Crippen molar-refractivity contribution in [2.45, 2.75) is 31.9 Å². The van der Waals surface area contributed by atoms with E-state index >= 15 is 0 Å². The van der Waals surface area contributed by atoms with Crippen LogP contribution >= 0.6 is 0 Å². The molecule has 0 spiro atoms. The summed E-state index contributed by atoms with van der Waals surface area (Å²) in [6, 6.07) is 38.3. The summed E-state index contributed by atoms with van der Waals surface area (Å²) in [5.74, 6) is 2.46. The highest BCUT2D eigenvalue weighted by Crippen LogP contribution is 2.49. The normalized spacial score (nSPS) is 18.9. The second-order valence-electron chi connectivity index (χ2n) is 11.0. The number of anilines is 1. The van der Waals surface area contributed by atoms with E-state index in [1.807, 2.05) is 31.3 Å². The molecule has 1 aliphatic carbocycles. The van der Waals surface area contributed by atoms with E-state index in [9.17, 15) is 0 Å². The summed E-state index contributed by atoms with van der Waals surface area (Å²) in [6.07, 6.45) is 7.70. The van der Waals surface area contributed by atoms with Gasteiger partial charge in [-0.1, -0.05) is 84.9 Å². The van der Waals surface area contributed by atoms with Gasteiger partial charge >= 0.3 is 0 Å². The van der Waals surface area contributed by atoms with E-state index in [2.05, 4.69) is 108 Å². The fourth-order valence-corrected chi connectivity index (χ4v) is 6.36. The van der Waals surface area contributed by atoms with Crippen molar-refractivity contribution in [2.75, 3.05) is 11.9 Å². The van der Waals surface area contributed by atoms with Gasteiger partial charge in [-0.3, -0.25) is 4.99 Å². The van der Waals surface area contributed by atoms with Crippen LogP contribution in [0.25, 0.3) is 10.8 Å². The molecule has 208 valence electrons. The van der Waals surface area contributed by atoms with Gasteiger partial charge in [0.2, 0.25) is 0 Å². The standard InChI is InChI=1S/C38H34N2O2/c1-2-41-37-23-26(17-22-36(37)42-25-29-11-7-10-27-9-3-4-12-31(27)29)24-39-30-20-18-28(19-21-30)38-34-15-8-14-32(34)33-13-5-6-16-35(33)40-38/h3-14,16-24,32,34,38,40H,2,15,25H2,1H3/t32-,34+,38+/m1/s1. The van der Waals surface area contributed by atoms with Gasteiger partial charge < -0.3 is 14.8 Å². The molecule has 1 N–H and O–H groups in total. The minimum Gasteiger partial charge on any atom is -0.490 e. The van der Waals surface area contributed by atoms with Gasteiger partial charge in [-0.15, -0.1) is 0 Å². The van der Waals surface area contributed by atoms with Gasteiger partial charge in [-0.25, -0.2) is 0 Å². The third-order valence-electron chi connectivity index (χ3n) is 8.42. The van der Waals surface area contributed by atoms with Crippen molar-refractivity contribution in [1.29, 1.82) is 0 Å². The van der Waals surface area contributed by atoms with Gasteiger partial charge in [-0.05, 0) is 88.7 Å². The molecule has 5 aromatic rings. The smallest absolute Gasteiger partial charge is 0.161 e. The zero-order valence-electron chi connectivity index (χ0n) is 23.7. The molecule has 2 aliphatic rings. The van der Waals surface area contributed by atoms with Gasteiger partial charge in [0.25, 0.3) is 0 Å². The second kappa shape index (κ2) is 11.6. The topological polar surface area (TPSA) is 42.8 Å². The summed E-state index contributed by atoms with van der Waals surface area (Å²) in [7, 11) is 0. The van der Waals surface area contributed by atoms with Crippen LogP contribution in [0.2, 0.25) is 0 Å². The van der Waals surface area contributed by atoms with Gasteiger partial charge in [0, 0.05) is 17.8 Å². The Morgan fingerprint density at radius 1 is 0.833 bits per heavy atom. The van der Waals surface area contributed by atoms with Crippen molar-refractivity contribution in [3.05, 3.63) is 144 Å². The first-order valence-corrected chi connectivity index (χ1v) is 14.8. The molecule has 0 saturated carbocycles. The minimum atomic E-state index is 0.285. The molecule has 7 rings (SSSR count). The summed E-state index contributed by atoms with van der Waals surface area (Å²) in [6.45, 7) is 3.02. The van der Waals surface area contributed by atoms with Crippen LogP contribution in [-0.4, -0.2) is 12.8 Å². The van der Waals surface area contributed by atoms with Crippen LogP contribution in [0, 0.1) is 5.92 Å².